The third kappa shape index (κ3) is 3.63. The van der Waals surface area contributed by atoms with Gasteiger partial charge in [0.05, 0.1) is 26.4 Å². The number of carbonyl (C=O) groups excluding carboxylic acids is 2. The number of carbonyl (C=O) groups is 2. The molecule has 3 rings (SSSR count). The molecule has 1 N–H and O–H groups in total. The van der Waals surface area contributed by atoms with Crippen molar-refractivity contribution in [3.05, 3.63) is 46.3 Å². The van der Waals surface area contributed by atoms with Crippen LogP contribution in [0.15, 0.2) is 40.7 Å². The summed E-state index contributed by atoms with van der Waals surface area (Å²) in [7, 11) is 3.14. The van der Waals surface area contributed by atoms with Crippen LogP contribution < -0.4 is 14.8 Å². The van der Waals surface area contributed by atoms with E-state index < -0.39 is 11.9 Å². The summed E-state index contributed by atoms with van der Waals surface area (Å²) in [5, 5.41) is 3.29. The van der Waals surface area contributed by atoms with Crippen molar-refractivity contribution in [1.82, 2.24) is 5.32 Å². The van der Waals surface area contributed by atoms with Crippen molar-refractivity contribution in [2.45, 2.75) is 45.4 Å². The van der Waals surface area contributed by atoms with Crippen molar-refractivity contribution in [2.24, 2.45) is 0 Å². The standard InChI is InChI=1S/C22H27NO5/c1-5-11-28-22(25)19-13(2)23-15-7-6-8-16(24)21(15)20(19)14-9-10-17(26-3)18(12-14)27-4/h9-10,12,20,23H,5-8,11H2,1-4H3. The minimum absolute atomic E-state index is 0.0711. The van der Waals surface area contributed by atoms with Crippen LogP contribution in [0.25, 0.3) is 0 Å². The summed E-state index contributed by atoms with van der Waals surface area (Å²) < 4.78 is 16.2. The van der Waals surface area contributed by atoms with E-state index in [2.05, 4.69) is 5.32 Å². The molecular weight excluding hydrogens is 358 g/mol. The fraction of sp³-hybridized carbons (Fsp3) is 0.455. The summed E-state index contributed by atoms with van der Waals surface area (Å²) in [6.45, 7) is 4.15. The smallest absolute Gasteiger partial charge is 0.336 e. The van der Waals surface area contributed by atoms with Crippen molar-refractivity contribution in [2.75, 3.05) is 20.8 Å². The molecule has 0 saturated carbocycles. The molecule has 0 spiro atoms. The van der Waals surface area contributed by atoms with Crippen LogP contribution in [0.1, 0.15) is 51.0 Å². The number of nitrogens with one attached hydrogen (secondary N) is 1. The van der Waals surface area contributed by atoms with Crippen molar-refractivity contribution in [3.8, 4) is 11.5 Å². The van der Waals surface area contributed by atoms with E-state index in [1.807, 2.05) is 26.0 Å². The Labute approximate surface area is 165 Å². The van der Waals surface area contributed by atoms with E-state index in [1.165, 1.54) is 0 Å². The number of methoxy groups -OCH3 is 2. The van der Waals surface area contributed by atoms with Crippen molar-refractivity contribution < 1.29 is 23.8 Å². The molecule has 150 valence electrons. The first-order valence-electron chi connectivity index (χ1n) is 9.64. The van der Waals surface area contributed by atoms with Gasteiger partial charge in [-0.05, 0) is 43.9 Å². The van der Waals surface area contributed by atoms with Crippen LogP contribution in [-0.2, 0) is 14.3 Å². The predicted molar refractivity (Wildman–Crippen MR) is 105 cm³/mol. The van der Waals surface area contributed by atoms with Crippen LogP contribution in [0.2, 0.25) is 0 Å². The SMILES string of the molecule is CCCOC(=O)C1=C(C)NC2=C(C(=O)CCC2)C1c1ccc(OC)c(OC)c1. The lowest BCUT2D eigenvalue weighted by Gasteiger charge is -2.34. The molecule has 1 atom stereocenters. The molecule has 1 aliphatic heterocycles. The Hall–Kier alpha value is -2.76. The highest BCUT2D eigenvalue weighted by Gasteiger charge is 2.39. The Morgan fingerprint density at radius 3 is 2.61 bits per heavy atom. The number of ether oxygens (including phenoxy) is 3. The van der Waals surface area contributed by atoms with Crippen LogP contribution in [0.3, 0.4) is 0 Å². The first-order valence-corrected chi connectivity index (χ1v) is 9.64. The topological polar surface area (TPSA) is 73.9 Å². The summed E-state index contributed by atoms with van der Waals surface area (Å²) in [6, 6.07) is 5.51. The van der Waals surface area contributed by atoms with Gasteiger partial charge < -0.3 is 19.5 Å². The maximum atomic E-state index is 12.9. The molecule has 1 aliphatic carbocycles. The van der Waals surface area contributed by atoms with Gasteiger partial charge in [-0.15, -0.1) is 0 Å². The number of dihydropyridines is 1. The number of Topliss-reactive ketones (excluding diaryl/α,β-unsaturated/α-hetero) is 1. The summed E-state index contributed by atoms with van der Waals surface area (Å²) >= 11 is 0. The quantitative estimate of drug-likeness (QED) is 0.754. The van der Waals surface area contributed by atoms with Crippen LogP contribution in [0, 0.1) is 0 Å². The molecule has 0 aromatic heterocycles. The first-order chi connectivity index (χ1) is 13.5. The van der Waals surface area contributed by atoms with Gasteiger partial charge >= 0.3 is 5.97 Å². The second-order valence-corrected chi connectivity index (χ2v) is 7.02. The van der Waals surface area contributed by atoms with Gasteiger partial charge in [-0.1, -0.05) is 13.0 Å². The lowest BCUT2D eigenvalue weighted by Crippen LogP contribution is -2.34. The fourth-order valence-corrected chi connectivity index (χ4v) is 3.89. The predicted octanol–water partition coefficient (Wildman–Crippen LogP) is 3.62. The van der Waals surface area contributed by atoms with Gasteiger partial charge in [-0.25, -0.2) is 4.79 Å². The molecule has 1 aromatic carbocycles. The van der Waals surface area contributed by atoms with Crippen LogP contribution in [0.5, 0.6) is 11.5 Å². The second kappa shape index (κ2) is 8.50. The Morgan fingerprint density at radius 2 is 1.93 bits per heavy atom. The van der Waals surface area contributed by atoms with Gasteiger partial charge in [0.1, 0.15) is 0 Å². The number of rotatable bonds is 6. The van der Waals surface area contributed by atoms with E-state index in [1.54, 1.807) is 20.3 Å². The van der Waals surface area contributed by atoms with Crippen LogP contribution in [0.4, 0.5) is 0 Å². The normalized spacial score (nSPS) is 19.1. The van der Waals surface area contributed by atoms with Crippen molar-refractivity contribution in [1.29, 1.82) is 0 Å². The van der Waals surface area contributed by atoms with Gasteiger partial charge in [-0.2, -0.15) is 0 Å². The number of ketones is 1. The van der Waals surface area contributed by atoms with Gasteiger partial charge in [0.25, 0.3) is 0 Å². The molecule has 6 nitrogen and oxygen atoms in total. The van der Waals surface area contributed by atoms with E-state index in [0.29, 0.717) is 35.7 Å². The number of allylic oxidation sites excluding steroid dienone is 3. The third-order valence-electron chi connectivity index (χ3n) is 5.17. The van der Waals surface area contributed by atoms with E-state index >= 15 is 0 Å². The fourth-order valence-electron chi connectivity index (χ4n) is 3.89. The summed E-state index contributed by atoms with van der Waals surface area (Å²) in [6.07, 6.45) is 2.83. The number of esters is 1. The molecular formula is C22H27NO5. The third-order valence-corrected chi connectivity index (χ3v) is 5.17. The van der Waals surface area contributed by atoms with Gasteiger partial charge in [-0.3, -0.25) is 4.79 Å². The van der Waals surface area contributed by atoms with Gasteiger partial charge in [0.2, 0.25) is 0 Å². The second-order valence-electron chi connectivity index (χ2n) is 7.02. The molecule has 0 bridgehead atoms. The largest absolute Gasteiger partial charge is 0.493 e. The minimum Gasteiger partial charge on any atom is -0.493 e. The lowest BCUT2D eigenvalue weighted by molar-refractivity contribution is -0.139. The monoisotopic (exact) mass is 385 g/mol. The Bertz CT molecular complexity index is 852. The summed E-state index contributed by atoms with van der Waals surface area (Å²) in [5.74, 6) is 0.356. The van der Waals surface area contributed by atoms with E-state index in [0.717, 1.165) is 36.2 Å². The first kappa shape index (κ1) is 20.0. The van der Waals surface area contributed by atoms with Crippen molar-refractivity contribution >= 4 is 11.8 Å². The molecule has 1 aromatic rings. The van der Waals surface area contributed by atoms with Gasteiger partial charge in [0, 0.05) is 29.3 Å². The van der Waals surface area contributed by atoms with E-state index in [4.69, 9.17) is 14.2 Å². The highest BCUT2D eigenvalue weighted by molar-refractivity contribution is 6.03. The molecule has 1 unspecified atom stereocenters. The maximum absolute atomic E-state index is 12.9. The Balaban J connectivity index is 2.14. The number of benzene rings is 1. The molecule has 28 heavy (non-hydrogen) atoms. The Morgan fingerprint density at radius 1 is 1.18 bits per heavy atom. The average Bonchev–Trinajstić information content (AvgIpc) is 2.70. The highest BCUT2D eigenvalue weighted by Crippen LogP contribution is 2.44. The molecule has 6 heteroatoms. The lowest BCUT2D eigenvalue weighted by atomic mass is 9.75. The van der Waals surface area contributed by atoms with Gasteiger partial charge in [0.15, 0.2) is 17.3 Å². The zero-order chi connectivity index (χ0) is 20.3. The zero-order valence-corrected chi connectivity index (χ0v) is 16.9. The average molecular weight is 385 g/mol. The molecule has 2 aliphatic rings. The molecule has 0 radical (unpaired) electrons. The number of hydrogen-bond acceptors (Lipinski definition) is 6. The van der Waals surface area contributed by atoms with Crippen LogP contribution >= 0.6 is 0 Å². The molecule has 0 amide bonds. The highest BCUT2D eigenvalue weighted by atomic mass is 16.5. The van der Waals surface area contributed by atoms with E-state index in [-0.39, 0.29) is 5.78 Å². The Kier molecular flexibility index (Phi) is 6.07. The molecule has 0 saturated heterocycles. The maximum Gasteiger partial charge on any atom is 0.336 e. The summed E-state index contributed by atoms with van der Waals surface area (Å²) in [5.41, 5.74) is 3.59. The molecule has 0 fully saturated rings. The minimum atomic E-state index is -0.479. The van der Waals surface area contributed by atoms with Crippen LogP contribution in [-0.4, -0.2) is 32.6 Å². The van der Waals surface area contributed by atoms with E-state index in [9.17, 15) is 9.59 Å². The summed E-state index contributed by atoms with van der Waals surface area (Å²) in [4.78, 5) is 25.8. The number of hydrogen-bond donors (Lipinski definition) is 1. The molecule has 1 heterocycles. The van der Waals surface area contributed by atoms with Crippen molar-refractivity contribution in [3.63, 3.8) is 0 Å². The zero-order valence-electron chi connectivity index (χ0n) is 16.9.